The van der Waals surface area contributed by atoms with E-state index in [9.17, 15) is 14.4 Å². The van der Waals surface area contributed by atoms with Crippen LogP contribution in [0.15, 0.2) is 21.2 Å². The highest BCUT2D eigenvalue weighted by molar-refractivity contribution is 7.60. The van der Waals surface area contributed by atoms with Crippen molar-refractivity contribution in [2.24, 2.45) is 0 Å². The Morgan fingerprint density at radius 2 is 2.15 bits per heavy atom. The fourth-order valence-electron chi connectivity index (χ4n) is 1.96. The van der Waals surface area contributed by atoms with Gasteiger partial charge in [-0.25, -0.2) is 0 Å². The molecule has 0 aliphatic carbocycles. The highest BCUT2D eigenvalue weighted by Gasteiger charge is 2.28. The zero-order chi connectivity index (χ0) is 14.8. The van der Waals surface area contributed by atoms with Crippen molar-refractivity contribution in [3.8, 4) is 11.5 Å². The number of aryl methyl sites for hydroxylation is 1. The topological polar surface area (TPSA) is 123 Å². The molecular formula is C12H17N2O5P. The van der Waals surface area contributed by atoms with Crippen molar-refractivity contribution < 1.29 is 23.2 Å². The maximum Gasteiger partial charge on any atom is 0.360 e. The van der Waals surface area contributed by atoms with Crippen LogP contribution in [0.5, 0.6) is 0 Å². The molecular weight excluding hydrogens is 283 g/mol. The zero-order valence-corrected chi connectivity index (χ0v) is 12.0. The van der Waals surface area contributed by atoms with Gasteiger partial charge in [-0.1, -0.05) is 19.8 Å². The fourth-order valence-corrected chi connectivity index (χ4v) is 2.64. The van der Waals surface area contributed by atoms with E-state index in [1.54, 1.807) is 0 Å². The highest BCUT2D eigenvalue weighted by Crippen LogP contribution is 2.39. The van der Waals surface area contributed by atoms with Gasteiger partial charge >= 0.3 is 7.60 Å². The van der Waals surface area contributed by atoms with E-state index in [1.807, 2.05) is 0 Å². The minimum absolute atomic E-state index is 0.0188. The smallest absolute Gasteiger partial charge is 0.360 e. The van der Waals surface area contributed by atoms with Crippen LogP contribution in [-0.4, -0.2) is 14.8 Å². The molecule has 0 bridgehead atoms. The molecule has 0 aromatic carbocycles. The number of oxazole rings is 1. The summed E-state index contributed by atoms with van der Waals surface area (Å²) in [6.45, 7) is 2.08. The highest BCUT2D eigenvalue weighted by atomic mass is 31.2. The van der Waals surface area contributed by atoms with Crippen LogP contribution in [0.2, 0.25) is 0 Å². The Morgan fingerprint density at radius 3 is 2.80 bits per heavy atom. The molecule has 110 valence electrons. The van der Waals surface area contributed by atoms with E-state index >= 15 is 0 Å². The summed E-state index contributed by atoms with van der Waals surface area (Å²) >= 11 is 0. The monoisotopic (exact) mass is 300 g/mol. The lowest BCUT2D eigenvalue weighted by Crippen LogP contribution is -2.05. The fraction of sp³-hybridized carbons (Fsp3) is 0.417. The van der Waals surface area contributed by atoms with Gasteiger partial charge < -0.3 is 24.4 Å². The molecule has 2 aromatic rings. The first-order valence-electron chi connectivity index (χ1n) is 6.32. The first kappa shape index (κ1) is 14.8. The van der Waals surface area contributed by atoms with Crippen LogP contribution in [0.3, 0.4) is 0 Å². The quantitative estimate of drug-likeness (QED) is 0.551. The number of nitrogen functional groups attached to an aromatic ring is 1. The summed E-state index contributed by atoms with van der Waals surface area (Å²) in [5.74, 6) is 0.505. The van der Waals surface area contributed by atoms with Crippen molar-refractivity contribution in [1.82, 2.24) is 4.98 Å². The van der Waals surface area contributed by atoms with Gasteiger partial charge in [0.25, 0.3) is 6.01 Å². The van der Waals surface area contributed by atoms with Crippen molar-refractivity contribution in [3.05, 3.63) is 18.1 Å². The van der Waals surface area contributed by atoms with Gasteiger partial charge in [-0.05, 0) is 12.5 Å². The standard InChI is InChI=1S/C12H17N2O5P/c1-2-3-4-5-8-10(14-12(13)19-8)11-9(6-7-18-11)20(15,16)17/h6-7H,2-5H2,1H3,(H2,13,14)(H2,15,16,17). The molecule has 4 N–H and O–H groups in total. The summed E-state index contributed by atoms with van der Waals surface area (Å²) < 4.78 is 21.9. The molecule has 0 radical (unpaired) electrons. The minimum Gasteiger partial charge on any atom is -0.462 e. The summed E-state index contributed by atoms with van der Waals surface area (Å²) in [7, 11) is -4.43. The SMILES string of the molecule is CCCCCc1oc(N)nc1-c1occc1P(=O)(O)O. The average molecular weight is 300 g/mol. The van der Waals surface area contributed by atoms with E-state index in [2.05, 4.69) is 11.9 Å². The van der Waals surface area contributed by atoms with Crippen molar-refractivity contribution in [2.75, 3.05) is 5.73 Å². The van der Waals surface area contributed by atoms with Crippen LogP contribution >= 0.6 is 7.60 Å². The van der Waals surface area contributed by atoms with Gasteiger partial charge in [0.05, 0.1) is 6.26 Å². The molecule has 2 rings (SSSR count). The Labute approximate surface area is 116 Å². The molecule has 20 heavy (non-hydrogen) atoms. The van der Waals surface area contributed by atoms with Gasteiger partial charge in [0, 0.05) is 6.42 Å². The maximum absolute atomic E-state index is 11.4. The number of hydrogen-bond acceptors (Lipinski definition) is 5. The number of nitrogens with two attached hydrogens (primary N) is 1. The molecule has 2 aromatic heterocycles. The predicted molar refractivity (Wildman–Crippen MR) is 73.5 cm³/mol. The van der Waals surface area contributed by atoms with E-state index in [0.717, 1.165) is 19.3 Å². The van der Waals surface area contributed by atoms with E-state index < -0.39 is 7.60 Å². The number of furan rings is 1. The minimum atomic E-state index is -4.43. The summed E-state index contributed by atoms with van der Waals surface area (Å²) in [5, 5.41) is -0.206. The predicted octanol–water partition coefficient (Wildman–Crippen LogP) is 2.05. The third-order valence-electron chi connectivity index (χ3n) is 2.89. The second-order valence-corrected chi connectivity index (χ2v) is 6.03. The van der Waals surface area contributed by atoms with E-state index in [-0.39, 0.29) is 22.8 Å². The van der Waals surface area contributed by atoms with E-state index in [0.29, 0.717) is 12.2 Å². The zero-order valence-electron chi connectivity index (χ0n) is 11.1. The van der Waals surface area contributed by atoms with Crippen LogP contribution in [-0.2, 0) is 11.0 Å². The van der Waals surface area contributed by atoms with Crippen molar-refractivity contribution in [2.45, 2.75) is 32.6 Å². The van der Waals surface area contributed by atoms with Crippen LogP contribution in [0.4, 0.5) is 6.01 Å². The summed E-state index contributed by atoms with van der Waals surface area (Å²) in [6.07, 6.45) is 4.75. The van der Waals surface area contributed by atoms with Crippen LogP contribution < -0.4 is 11.0 Å². The molecule has 0 unspecified atom stereocenters. The van der Waals surface area contributed by atoms with Crippen molar-refractivity contribution >= 4 is 18.9 Å². The Morgan fingerprint density at radius 1 is 1.40 bits per heavy atom. The number of unbranched alkanes of at least 4 members (excludes halogenated alkanes) is 2. The molecule has 0 amide bonds. The molecule has 0 saturated heterocycles. The third-order valence-corrected chi connectivity index (χ3v) is 3.87. The molecule has 0 atom stereocenters. The lowest BCUT2D eigenvalue weighted by atomic mass is 10.1. The molecule has 0 aliphatic rings. The van der Waals surface area contributed by atoms with Gasteiger partial charge in [-0.2, -0.15) is 4.98 Å². The van der Waals surface area contributed by atoms with Crippen LogP contribution in [0, 0.1) is 0 Å². The molecule has 0 spiro atoms. The Kier molecular flexibility index (Phi) is 4.32. The van der Waals surface area contributed by atoms with Crippen molar-refractivity contribution in [1.29, 1.82) is 0 Å². The largest absolute Gasteiger partial charge is 0.462 e. The van der Waals surface area contributed by atoms with Gasteiger partial charge in [0.2, 0.25) is 0 Å². The first-order valence-corrected chi connectivity index (χ1v) is 7.94. The number of nitrogens with zero attached hydrogens (tertiary/aromatic N) is 1. The molecule has 0 saturated carbocycles. The Balaban J connectivity index is 2.38. The maximum atomic E-state index is 11.4. The summed E-state index contributed by atoms with van der Waals surface area (Å²) in [6, 6.07) is 1.19. The molecule has 0 aliphatic heterocycles. The number of rotatable bonds is 6. The van der Waals surface area contributed by atoms with Crippen LogP contribution in [0.1, 0.15) is 31.9 Å². The third kappa shape index (κ3) is 3.12. The lowest BCUT2D eigenvalue weighted by molar-refractivity contribution is 0.387. The van der Waals surface area contributed by atoms with Gasteiger partial charge in [0.1, 0.15) is 11.1 Å². The second kappa shape index (κ2) is 5.83. The molecule has 2 heterocycles. The normalized spacial score (nSPS) is 11.9. The number of anilines is 1. The molecule has 0 fully saturated rings. The van der Waals surface area contributed by atoms with Gasteiger partial charge in [-0.3, -0.25) is 4.57 Å². The van der Waals surface area contributed by atoms with Gasteiger partial charge in [0.15, 0.2) is 11.5 Å². The van der Waals surface area contributed by atoms with Gasteiger partial charge in [-0.15, -0.1) is 0 Å². The molecule has 7 nitrogen and oxygen atoms in total. The first-order chi connectivity index (χ1) is 9.43. The van der Waals surface area contributed by atoms with E-state index in [1.165, 1.54) is 12.3 Å². The summed E-state index contributed by atoms with van der Waals surface area (Å²) in [4.78, 5) is 22.6. The van der Waals surface area contributed by atoms with Crippen molar-refractivity contribution in [3.63, 3.8) is 0 Å². The Bertz CT molecular complexity index is 628. The van der Waals surface area contributed by atoms with Crippen LogP contribution in [0.25, 0.3) is 11.5 Å². The number of hydrogen-bond donors (Lipinski definition) is 3. The lowest BCUT2D eigenvalue weighted by Gasteiger charge is -2.03. The number of aromatic nitrogens is 1. The second-order valence-electron chi connectivity index (χ2n) is 4.46. The molecule has 8 heteroatoms. The Hall–Kier alpha value is -1.56. The summed E-state index contributed by atoms with van der Waals surface area (Å²) in [5.41, 5.74) is 5.80. The average Bonchev–Trinajstić information content (AvgIpc) is 2.94. The van der Waals surface area contributed by atoms with E-state index in [4.69, 9.17) is 14.6 Å².